The van der Waals surface area contributed by atoms with Crippen molar-refractivity contribution in [2.24, 2.45) is 0 Å². The van der Waals surface area contributed by atoms with Crippen LogP contribution in [0.25, 0.3) is 0 Å². The highest BCUT2D eigenvalue weighted by atomic mass is 16.6. The van der Waals surface area contributed by atoms with Crippen LogP contribution in [0.4, 0.5) is 0 Å². The van der Waals surface area contributed by atoms with E-state index in [4.69, 9.17) is 15.0 Å². The first kappa shape index (κ1) is 17.0. The Hall–Kier alpha value is -4.67. The number of esters is 1. The SMILES string of the molecule is [2H]c1c(O)c(O)c(O)c([2H])c1C(=O)O[C@@H]1Cc2c(O)cc(O)cc2O[C@@H]1c1c([2H])c(O)c(O)c(O)c1[2H]. The predicted octanol–water partition coefficient (Wildman–Crippen LogP) is 2.23. The van der Waals surface area contributed by atoms with Crippen molar-refractivity contribution in [1.29, 1.82) is 0 Å². The molecule has 0 saturated carbocycles. The largest absolute Gasteiger partial charge is 0.508 e. The molecule has 0 saturated heterocycles. The summed E-state index contributed by atoms with van der Waals surface area (Å²) >= 11 is 0. The molecule has 1 heterocycles. The van der Waals surface area contributed by atoms with Crippen LogP contribution in [0.2, 0.25) is 0 Å². The Balaban J connectivity index is 1.87. The van der Waals surface area contributed by atoms with E-state index >= 15 is 0 Å². The van der Waals surface area contributed by atoms with Crippen LogP contribution < -0.4 is 4.74 Å². The first-order valence-corrected chi connectivity index (χ1v) is 9.16. The van der Waals surface area contributed by atoms with Gasteiger partial charge in [-0.2, -0.15) is 0 Å². The fraction of sp³-hybridized carbons (Fsp3) is 0.136. The Bertz CT molecular complexity index is 1420. The van der Waals surface area contributed by atoms with E-state index in [0.29, 0.717) is 0 Å². The van der Waals surface area contributed by atoms with Gasteiger partial charge in [0.2, 0.25) is 0 Å². The zero-order chi connectivity index (χ0) is 27.5. The first-order valence-electron chi connectivity index (χ1n) is 11.2. The molecule has 0 bridgehead atoms. The zero-order valence-electron chi connectivity index (χ0n) is 20.3. The number of hydrogen-bond acceptors (Lipinski definition) is 11. The topological polar surface area (TPSA) is 197 Å². The number of rotatable bonds is 3. The van der Waals surface area contributed by atoms with Crippen molar-refractivity contribution >= 4 is 5.97 Å². The van der Waals surface area contributed by atoms with Crippen LogP contribution in [0.5, 0.6) is 51.7 Å². The number of benzene rings is 3. The molecule has 0 aromatic heterocycles. The standard InChI is InChI=1S/C22H18O11/c23-10-5-12(24)11-7-18(33-22(31)9-3-15(27)20(30)16(28)4-9)21(32-17(11)6-10)8-1-13(25)19(29)14(26)2-8/h1-6,18,21,23-30H,7H2/t18-,21-/m1/s1/i1D,2D,3D,4D. The number of phenolic OH excluding ortho intramolecular Hbond substituents is 8. The Morgan fingerprint density at radius 1 is 0.848 bits per heavy atom. The maximum absolute atomic E-state index is 13.0. The van der Waals surface area contributed by atoms with Crippen molar-refractivity contribution in [3.8, 4) is 51.7 Å². The van der Waals surface area contributed by atoms with Crippen LogP contribution in [-0.4, -0.2) is 52.9 Å². The Kier molecular flexibility index (Phi) is 4.00. The minimum atomic E-state index is -1.70. The highest BCUT2D eigenvalue weighted by molar-refractivity contribution is 5.91. The van der Waals surface area contributed by atoms with Gasteiger partial charge in [0.25, 0.3) is 0 Å². The van der Waals surface area contributed by atoms with Crippen LogP contribution >= 0.6 is 0 Å². The highest BCUT2D eigenvalue weighted by Gasteiger charge is 2.37. The number of hydrogen-bond donors (Lipinski definition) is 8. The average Bonchev–Trinajstić information content (AvgIpc) is 2.84. The number of fused-ring (bicyclic) bond motifs is 1. The molecule has 8 N–H and O–H groups in total. The van der Waals surface area contributed by atoms with E-state index in [1.807, 2.05) is 0 Å². The lowest BCUT2D eigenvalue weighted by Crippen LogP contribution is -2.34. The van der Waals surface area contributed by atoms with E-state index in [0.717, 1.165) is 12.1 Å². The molecule has 0 aliphatic carbocycles. The number of phenols is 8. The van der Waals surface area contributed by atoms with Crippen LogP contribution in [0.3, 0.4) is 0 Å². The second-order valence-corrected chi connectivity index (χ2v) is 7.01. The van der Waals surface area contributed by atoms with Gasteiger partial charge in [-0.25, -0.2) is 4.79 Å². The van der Waals surface area contributed by atoms with Crippen molar-refractivity contribution in [1.82, 2.24) is 0 Å². The van der Waals surface area contributed by atoms with Gasteiger partial charge in [0.05, 0.1) is 11.0 Å². The monoisotopic (exact) mass is 462 g/mol. The maximum Gasteiger partial charge on any atom is 0.338 e. The molecule has 33 heavy (non-hydrogen) atoms. The summed E-state index contributed by atoms with van der Waals surface area (Å²) in [6.07, 6.45) is -3.72. The van der Waals surface area contributed by atoms with Gasteiger partial charge >= 0.3 is 5.97 Å². The van der Waals surface area contributed by atoms with E-state index in [-0.39, 0.29) is 11.3 Å². The van der Waals surface area contributed by atoms with Crippen molar-refractivity contribution in [3.63, 3.8) is 0 Å². The van der Waals surface area contributed by atoms with Gasteiger partial charge in [0.1, 0.15) is 23.4 Å². The summed E-state index contributed by atoms with van der Waals surface area (Å²) in [5.41, 5.74) is -1.56. The van der Waals surface area contributed by atoms with Crippen LogP contribution in [0.15, 0.2) is 36.3 Å². The normalized spacial score (nSPS) is 18.8. The van der Waals surface area contributed by atoms with Crippen LogP contribution in [-0.2, 0) is 11.2 Å². The lowest BCUT2D eigenvalue weighted by atomic mass is 9.93. The highest BCUT2D eigenvalue weighted by Crippen LogP contribution is 2.46. The Labute approximate surface area is 190 Å². The van der Waals surface area contributed by atoms with Crippen LogP contribution in [0.1, 0.15) is 33.1 Å². The summed E-state index contributed by atoms with van der Waals surface area (Å²) in [6.45, 7) is 0. The van der Waals surface area contributed by atoms with Gasteiger partial charge in [-0.3, -0.25) is 0 Å². The van der Waals surface area contributed by atoms with E-state index in [1.165, 1.54) is 0 Å². The molecule has 172 valence electrons. The van der Waals surface area contributed by atoms with E-state index in [2.05, 4.69) is 0 Å². The Morgan fingerprint density at radius 3 is 1.97 bits per heavy atom. The smallest absolute Gasteiger partial charge is 0.338 e. The second kappa shape index (κ2) is 7.79. The molecule has 2 atom stereocenters. The molecule has 3 aromatic carbocycles. The molecular weight excluding hydrogens is 440 g/mol. The van der Waals surface area contributed by atoms with Crippen molar-refractivity contribution in [3.05, 3.63) is 53.0 Å². The van der Waals surface area contributed by atoms with Crippen molar-refractivity contribution < 1.29 is 60.6 Å². The van der Waals surface area contributed by atoms with Gasteiger partial charge in [0, 0.05) is 29.7 Å². The summed E-state index contributed by atoms with van der Waals surface area (Å²) in [5.74, 6) is -9.67. The van der Waals surface area contributed by atoms with Gasteiger partial charge < -0.3 is 50.3 Å². The molecule has 1 aliphatic heterocycles. The third-order valence-electron chi connectivity index (χ3n) is 4.80. The molecule has 11 heteroatoms. The first-order chi connectivity index (χ1) is 17.3. The summed E-state index contributed by atoms with van der Waals surface area (Å²) in [6, 6.07) is -1.88. The average molecular weight is 462 g/mol. The lowest BCUT2D eigenvalue weighted by Gasteiger charge is -2.34. The number of ether oxygens (including phenoxy) is 2. The van der Waals surface area contributed by atoms with E-state index in [1.54, 1.807) is 0 Å². The summed E-state index contributed by atoms with van der Waals surface area (Å²) in [4.78, 5) is 13.0. The minimum Gasteiger partial charge on any atom is -0.508 e. The molecule has 3 aromatic rings. The van der Waals surface area contributed by atoms with E-state index < -0.39 is 106 Å². The summed E-state index contributed by atoms with van der Waals surface area (Å²) in [5, 5.41) is 79.3. The molecule has 0 unspecified atom stereocenters. The molecule has 0 amide bonds. The third kappa shape index (κ3) is 3.87. The molecular formula is C22H18O11. The fourth-order valence-electron chi connectivity index (χ4n) is 3.25. The van der Waals surface area contributed by atoms with Gasteiger partial charge in [-0.1, -0.05) is 0 Å². The van der Waals surface area contributed by atoms with Gasteiger partial charge in [-0.05, 0) is 24.2 Å². The van der Waals surface area contributed by atoms with Crippen LogP contribution in [0, 0.1) is 0 Å². The molecule has 0 fully saturated rings. The number of carbonyl (C=O) groups is 1. The number of carbonyl (C=O) groups excluding carboxylic acids is 1. The molecule has 11 nitrogen and oxygen atoms in total. The summed E-state index contributed by atoms with van der Waals surface area (Å²) in [7, 11) is 0. The molecule has 1 aliphatic rings. The number of aromatic hydroxyl groups is 8. The zero-order valence-corrected chi connectivity index (χ0v) is 16.3. The minimum absolute atomic E-state index is 0.00859. The van der Waals surface area contributed by atoms with Gasteiger partial charge in [0.15, 0.2) is 40.6 Å². The molecule has 0 radical (unpaired) electrons. The molecule has 0 spiro atoms. The van der Waals surface area contributed by atoms with E-state index in [9.17, 15) is 45.6 Å². The van der Waals surface area contributed by atoms with Crippen molar-refractivity contribution in [2.45, 2.75) is 18.6 Å². The third-order valence-corrected chi connectivity index (χ3v) is 4.80. The maximum atomic E-state index is 13.0. The predicted molar refractivity (Wildman–Crippen MR) is 109 cm³/mol. The van der Waals surface area contributed by atoms with Crippen molar-refractivity contribution in [2.75, 3.05) is 0 Å². The lowest BCUT2D eigenvalue weighted by molar-refractivity contribution is -0.0189. The molecule has 4 rings (SSSR count). The summed E-state index contributed by atoms with van der Waals surface area (Å²) < 4.78 is 43.1. The fourth-order valence-corrected chi connectivity index (χ4v) is 3.25. The quantitative estimate of drug-likeness (QED) is 0.210. The second-order valence-electron chi connectivity index (χ2n) is 7.01. The van der Waals surface area contributed by atoms with Gasteiger partial charge in [-0.15, -0.1) is 0 Å². The Morgan fingerprint density at radius 2 is 1.39 bits per heavy atom.